The van der Waals surface area contributed by atoms with Gasteiger partial charge < -0.3 is 14.6 Å². The molecule has 1 aromatic carbocycles. The molecule has 0 saturated heterocycles. The van der Waals surface area contributed by atoms with Gasteiger partial charge in [0.2, 0.25) is 0 Å². The molecule has 0 aliphatic carbocycles. The predicted octanol–water partition coefficient (Wildman–Crippen LogP) is 2.48. The molecule has 0 bridgehead atoms. The Kier molecular flexibility index (Phi) is 3.03. The third-order valence-corrected chi connectivity index (χ3v) is 2.41. The predicted molar refractivity (Wildman–Crippen MR) is 53.6 cm³/mol. The number of hydrogen-bond acceptors (Lipinski definition) is 3. The van der Waals surface area contributed by atoms with Crippen molar-refractivity contribution >= 4 is 15.9 Å². The highest BCUT2D eigenvalue weighted by Gasteiger charge is 2.14. The molecule has 13 heavy (non-hydrogen) atoms. The summed E-state index contributed by atoms with van der Waals surface area (Å²) < 4.78 is 10.9. The number of phenolic OH excluding ortho intramolecular Hbond substituents is 1. The van der Waals surface area contributed by atoms with E-state index in [0.717, 1.165) is 0 Å². The Labute approximate surface area is 85.4 Å². The van der Waals surface area contributed by atoms with Crippen molar-refractivity contribution in [3.05, 3.63) is 16.1 Å². The molecule has 0 fully saturated rings. The second-order valence-electron chi connectivity index (χ2n) is 2.57. The van der Waals surface area contributed by atoms with E-state index >= 15 is 0 Å². The quantitative estimate of drug-likeness (QED) is 0.872. The van der Waals surface area contributed by atoms with Gasteiger partial charge in [0.25, 0.3) is 0 Å². The van der Waals surface area contributed by atoms with Crippen LogP contribution < -0.4 is 9.47 Å². The Balaban J connectivity index is 3.41. The van der Waals surface area contributed by atoms with Crippen LogP contribution >= 0.6 is 15.9 Å². The first-order valence-electron chi connectivity index (χ1n) is 3.71. The summed E-state index contributed by atoms with van der Waals surface area (Å²) >= 11 is 3.27. The molecule has 0 atom stereocenters. The lowest BCUT2D eigenvalue weighted by atomic mass is 10.2. The molecule has 0 heterocycles. The van der Waals surface area contributed by atoms with Crippen LogP contribution in [0.3, 0.4) is 0 Å². The highest BCUT2D eigenvalue weighted by molar-refractivity contribution is 9.10. The van der Waals surface area contributed by atoms with E-state index in [1.54, 1.807) is 20.1 Å². The van der Waals surface area contributed by atoms with E-state index in [1.165, 1.54) is 7.11 Å². The molecule has 1 aromatic rings. The Morgan fingerprint density at radius 3 is 2.23 bits per heavy atom. The van der Waals surface area contributed by atoms with Gasteiger partial charge >= 0.3 is 0 Å². The van der Waals surface area contributed by atoms with Crippen LogP contribution in [0.2, 0.25) is 0 Å². The van der Waals surface area contributed by atoms with Crippen molar-refractivity contribution in [2.75, 3.05) is 14.2 Å². The maximum Gasteiger partial charge on any atom is 0.175 e. The average Bonchev–Trinajstić information content (AvgIpc) is 2.10. The van der Waals surface area contributed by atoms with Crippen molar-refractivity contribution in [3.63, 3.8) is 0 Å². The monoisotopic (exact) mass is 246 g/mol. The highest BCUT2D eigenvalue weighted by atomic mass is 79.9. The third-order valence-electron chi connectivity index (χ3n) is 1.82. The summed E-state index contributed by atoms with van der Waals surface area (Å²) in [6, 6.07) is 1.58. The number of hydrogen-bond donors (Lipinski definition) is 1. The molecule has 0 aliphatic rings. The van der Waals surface area contributed by atoms with Gasteiger partial charge in [-0.25, -0.2) is 0 Å². The molecule has 1 N–H and O–H groups in total. The molecule has 0 aliphatic heterocycles. The van der Waals surface area contributed by atoms with Crippen LogP contribution in [0.1, 0.15) is 5.56 Å². The first kappa shape index (κ1) is 10.2. The van der Waals surface area contributed by atoms with Crippen LogP contribution in [0.5, 0.6) is 17.2 Å². The number of benzene rings is 1. The summed E-state index contributed by atoms with van der Waals surface area (Å²) in [4.78, 5) is 0. The molecule has 0 radical (unpaired) electrons. The minimum atomic E-state index is 0.185. The Morgan fingerprint density at radius 2 is 1.77 bits per heavy atom. The van der Waals surface area contributed by atoms with Crippen molar-refractivity contribution < 1.29 is 14.6 Å². The van der Waals surface area contributed by atoms with Gasteiger partial charge in [-0.05, 0) is 28.9 Å². The van der Waals surface area contributed by atoms with Gasteiger partial charge in [-0.3, -0.25) is 0 Å². The number of aromatic hydroxyl groups is 1. The van der Waals surface area contributed by atoms with Crippen LogP contribution in [0.15, 0.2) is 10.5 Å². The number of ether oxygens (including phenoxy) is 2. The molecule has 1 rings (SSSR count). The molecular formula is C9H11BrO3. The lowest BCUT2D eigenvalue weighted by Gasteiger charge is -2.12. The van der Waals surface area contributed by atoms with Gasteiger partial charge in [0.1, 0.15) is 5.75 Å². The fraction of sp³-hybridized carbons (Fsp3) is 0.333. The topological polar surface area (TPSA) is 38.7 Å². The Hall–Kier alpha value is -0.900. The normalized spacial score (nSPS) is 9.85. The van der Waals surface area contributed by atoms with Crippen molar-refractivity contribution in [1.29, 1.82) is 0 Å². The van der Waals surface area contributed by atoms with Gasteiger partial charge in [0.05, 0.1) is 18.7 Å². The minimum absolute atomic E-state index is 0.185. The van der Waals surface area contributed by atoms with E-state index in [2.05, 4.69) is 15.9 Å². The standard InChI is InChI=1S/C9H11BrO3/c1-5-7(11)4-6(10)9(13-3)8(5)12-2/h4,11H,1-3H3. The molecule has 4 heteroatoms. The number of halogens is 1. The summed E-state index contributed by atoms with van der Waals surface area (Å²) in [7, 11) is 3.09. The van der Waals surface area contributed by atoms with Gasteiger partial charge in [0, 0.05) is 5.56 Å². The third kappa shape index (κ3) is 1.72. The largest absolute Gasteiger partial charge is 0.507 e. The molecule has 0 unspecified atom stereocenters. The van der Waals surface area contributed by atoms with E-state index in [9.17, 15) is 5.11 Å². The zero-order valence-corrected chi connectivity index (χ0v) is 9.31. The van der Waals surface area contributed by atoms with E-state index in [0.29, 0.717) is 21.5 Å². The second kappa shape index (κ2) is 3.87. The SMILES string of the molecule is COc1c(Br)cc(O)c(C)c1OC. The molecule has 0 saturated carbocycles. The number of phenols is 1. The van der Waals surface area contributed by atoms with Crippen molar-refractivity contribution in [3.8, 4) is 17.2 Å². The van der Waals surface area contributed by atoms with Gasteiger partial charge in [-0.1, -0.05) is 0 Å². The minimum Gasteiger partial charge on any atom is -0.507 e. The summed E-state index contributed by atoms with van der Waals surface area (Å²) in [5.74, 6) is 1.33. The maximum absolute atomic E-state index is 9.47. The zero-order valence-electron chi connectivity index (χ0n) is 7.72. The smallest absolute Gasteiger partial charge is 0.175 e. The van der Waals surface area contributed by atoms with Crippen molar-refractivity contribution in [1.82, 2.24) is 0 Å². The van der Waals surface area contributed by atoms with Gasteiger partial charge in [0.15, 0.2) is 11.5 Å². The van der Waals surface area contributed by atoms with E-state index in [4.69, 9.17) is 9.47 Å². The Bertz CT molecular complexity index is 323. The molecule has 0 spiro atoms. The van der Waals surface area contributed by atoms with Crippen LogP contribution in [0.4, 0.5) is 0 Å². The summed E-state index contributed by atoms with van der Waals surface area (Å²) in [5.41, 5.74) is 0.669. The fourth-order valence-electron chi connectivity index (χ4n) is 1.12. The molecular weight excluding hydrogens is 236 g/mol. The highest BCUT2D eigenvalue weighted by Crippen LogP contribution is 2.42. The molecule has 0 amide bonds. The summed E-state index contributed by atoms with van der Waals surface area (Å²) in [5, 5.41) is 9.47. The van der Waals surface area contributed by atoms with Gasteiger partial charge in [-0.15, -0.1) is 0 Å². The maximum atomic E-state index is 9.47. The molecule has 0 aromatic heterocycles. The first-order valence-corrected chi connectivity index (χ1v) is 4.51. The average molecular weight is 247 g/mol. The zero-order chi connectivity index (χ0) is 10.0. The first-order chi connectivity index (χ1) is 6.11. The molecule has 3 nitrogen and oxygen atoms in total. The van der Waals surface area contributed by atoms with Crippen molar-refractivity contribution in [2.45, 2.75) is 6.92 Å². The lowest BCUT2D eigenvalue weighted by molar-refractivity contribution is 0.346. The summed E-state index contributed by atoms with van der Waals surface area (Å²) in [6.45, 7) is 1.77. The number of rotatable bonds is 2. The van der Waals surface area contributed by atoms with E-state index < -0.39 is 0 Å². The second-order valence-corrected chi connectivity index (χ2v) is 3.42. The van der Waals surface area contributed by atoms with Crippen LogP contribution in [0, 0.1) is 6.92 Å². The van der Waals surface area contributed by atoms with E-state index in [1.807, 2.05) is 0 Å². The molecule has 72 valence electrons. The lowest BCUT2D eigenvalue weighted by Crippen LogP contribution is -1.94. The van der Waals surface area contributed by atoms with Crippen molar-refractivity contribution in [2.24, 2.45) is 0 Å². The Morgan fingerprint density at radius 1 is 1.23 bits per heavy atom. The van der Waals surface area contributed by atoms with Crippen LogP contribution in [-0.4, -0.2) is 19.3 Å². The number of methoxy groups -OCH3 is 2. The fourth-order valence-corrected chi connectivity index (χ4v) is 1.68. The van der Waals surface area contributed by atoms with Crippen LogP contribution in [0.25, 0.3) is 0 Å². The van der Waals surface area contributed by atoms with Crippen LogP contribution in [-0.2, 0) is 0 Å². The van der Waals surface area contributed by atoms with Gasteiger partial charge in [-0.2, -0.15) is 0 Å². The summed E-state index contributed by atoms with van der Waals surface area (Å²) in [6.07, 6.45) is 0. The van der Waals surface area contributed by atoms with E-state index in [-0.39, 0.29) is 5.75 Å².